The zero-order valence-electron chi connectivity index (χ0n) is 10.2. The number of sulfonamides is 1. The van der Waals surface area contributed by atoms with E-state index in [1.54, 1.807) is 12.1 Å². The van der Waals surface area contributed by atoms with Crippen LogP contribution in [0.2, 0.25) is 0 Å². The summed E-state index contributed by atoms with van der Waals surface area (Å²) in [5.41, 5.74) is 1.55. The average molecular weight is 257 g/mol. The Hall–Kier alpha value is -1.07. The van der Waals surface area contributed by atoms with Crippen molar-refractivity contribution in [1.82, 2.24) is 0 Å². The van der Waals surface area contributed by atoms with E-state index in [-0.39, 0.29) is 18.3 Å². The van der Waals surface area contributed by atoms with Crippen molar-refractivity contribution in [2.24, 2.45) is 5.92 Å². The lowest BCUT2D eigenvalue weighted by molar-refractivity contribution is 0.299. The molecule has 0 heterocycles. The molecule has 17 heavy (non-hydrogen) atoms. The number of anilines is 1. The Kier molecular flexibility index (Phi) is 4.96. The second kappa shape index (κ2) is 6.02. The SMILES string of the molecule is CC(C)CS(=O)(=O)Nc1ccc(CCO)cc1. The maximum absolute atomic E-state index is 11.7. The normalized spacial score (nSPS) is 11.8. The van der Waals surface area contributed by atoms with Crippen LogP contribution in [-0.2, 0) is 16.4 Å². The van der Waals surface area contributed by atoms with Gasteiger partial charge in [-0.3, -0.25) is 4.72 Å². The topological polar surface area (TPSA) is 66.4 Å². The van der Waals surface area contributed by atoms with Crippen LogP contribution in [0.25, 0.3) is 0 Å². The molecular formula is C12H19NO3S. The quantitative estimate of drug-likeness (QED) is 0.814. The first kappa shape index (κ1) is 14.0. The first-order chi connectivity index (χ1) is 7.93. The first-order valence-electron chi connectivity index (χ1n) is 5.63. The number of hydrogen-bond donors (Lipinski definition) is 2. The fourth-order valence-electron chi connectivity index (χ4n) is 1.53. The van der Waals surface area contributed by atoms with Crippen LogP contribution in [0.15, 0.2) is 24.3 Å². The third kappa shape index (κ3) is 5.19. The summed E-state index contributed by atoms with van der Waals surface area (Å²) in [7, 11) is -3.26. The molecule has 0 amide bonds. The molecule has 1 aromatic rings. The average Bonchev–Trinajstić information content (AvgIpc) is 2.18. The maximum atomic E-state index is 11.7. The number of aliphatic hydroxyl groups is 1. The van der Waals surface area contributed by atoms with E-state index in [1.165, 1.54) is 0 Å². The second-order valence-corrected chi connectivity index (χ2v) is 6.21. The van der Waals surface area contributed by atoms with Gasteiger partial charge in [-0.25, -0.2) is 8.42 Å². The van der Waals surface area contributed by atoms with E-state index in [0.717, 1.165) is 5.56 Å². The molecule has 0 aliphatic rings. The van der Waals surface area contributed by atoms with E-state index in [2.05, 4.69) is 4.72 Å². The van der Waals surface area contributed by atoms with E-state index in [1.807, 2.05) is 26.0 Å². The minimum atomic E-state index is -3.26. The van der Waals surface area contributed by atoms with Crippen LogP contribution in [0, 0.1) is 5.92 Å². The van der Waals surface area contributed by atoms with Crippen molar-refractivity contribution < 1.29 is 13.5 Å². The molecule has 0 saturated carbocycles. The Labute approximate surface area is 103 Å². The number of aliphatic hydroxyl groups excluding tert-OH is 1. The number of benzene rings is 1. The molecule has 0 atom stereocenters. The summed E-state index contributed by atoms with van der Waals surface area (Å²) in [5.74, 6) is 0.215. The van der Waals surface area contributed by atoms with E-state index >= 15 is 0 Å². The van der Waals surface area contributed by atoms with Gasteiger partial charge >= 0.3 is 0 Å². The molecule has 0 saturated heterocycles. The molecule has 0 radical (unpaired) electrons. The highest BCUT2D eigenvalue weighted by atomic mass is 32.2. The molecule has 4 nitrogen and oxygen atoms in total. The molecule has 5 heteroatoms. The predicted octanol–water partition coefficient (Wildman–Crippen LogP) is 1.62. The van der Waals surface area contributed by atoms with E-state index < -0.39 is 10.0 Å². The minimum absolute atomic E-state index is 0.0957. The van der Waals surface area contributed by atoms with Crippen LogP contribution in [0.1, 0.15) is 19.4 Å². The van der Waals surface area contributed by atoms with Crippen LogP contribution in [0.3, 0.4) is 0 Å². The highest BCUT2D eigenvalue weighted by Crippen LogP contribution is 2.13. The van der Waals surface area contributed by atoms with E-state index in [9.17, 15) is 8.42 Å². The van der Waals surface area contributed by atoms with Gasteiger partial charge in [0.15, 0.2) is 0 Å². The van der Waals surface area contributed by atoms with Crippen molar-refractivity contribution in [2.45, 2.75) is 20.3 Å². The molecule has 0 fully saturated rings. The molecule has 0 aliphatic heterocycles. The molecule has 0 aromatic heterocycles. The van der Waals surface area contributed by atoms with Crippen LogP contribution in [-0.4, -0.2) is 25.9 Å². The van der Waals surface area contributed by atoms with Gasteiger partial charge in [-0.05, 0) is 30.0 Å². The molecule has 0 aliphatic carbocycles. The lowest BCUT2D eigenvalue weighted by Gasteiger charge is -2.10. The Balaban J connectivity index is 2.69. The number of nitrogens with one attached hydrogen (secondary N) is 1. The lowest BCUT2D eigenvalue weighted by atomic mass is 10.1. The fraction of sp³-hybridized carbons (Fsp3) is 0.500. The standard InChI is InChI=1S/C12H19NO3S/c1-10(2)9-17(15,16)13-12-5-3-11(4-6-12)7-8-14/h3-6,10,13-14H,7-9H2,1-2H3. The summed E-state index contributed by atoms with van der Waals surface area (Å²) in [6.07, 6.45) is 0.582. The van der Waals surface area contributed by atoms with Gasteiger partial charge in [0.2, 0.25) is 10.0 Å². The highest BCUT2D eigenvalue weighted by Gasteiger charge is 2.12. The van der Waals surface area contributed by atoms with Gasteiger partial charge in [0.1, 0.15) is 0 Å². The smallest absolute Gasteiger partial charge is 0.232 e. The molecule has 0 unspecified atom stereocenters. The Morgan fingerprint density at radius 3 is 2.29 bits per heavy atom. The minimum Gasteiger partial charge on any atom is -0.396 e. The lowest BCUT2D eigenvalue weighted by Crippen LogP contribution is -2.19. The van der Waals surface area contributed by atoms with Gasteiger partial charge in [-0.15, -0.1) is 0 Å². The third-order valence-corrected chi connectivity index (χ3v) is 3.83. The fourth-order valence-corrected chi connectivity index (χ4v) is 2.98. The summed E-state index contributed by atoms with van der Waals surface area (Å²) in [6.45, 7) is 3.82. The Morgan fingerprint density at radius 2 is 1.82 bits per heavy atom. The Morgan fingerprint density at radius 1 is 1.24 bits per heavy atom. The molecule has 0 bridgehead atoms. The summed E-state index contributed by atoms with van der Waals surface area (Å²) in [5, 5.41) is 8.76. The van der Waals surface area contributed by atoms with Gasteiger partial charge in [-0.1, -0.05) is 26.0 Å². The molecule has 96 valence electrons. The van der Waals surface area contributed by atoms with Crippen LogP contribution < -0.4 is 4.72 Å². The zero-order valence-corrected chi connectivity index (χ0v) is 11.0. The predicted molar refractivity (Wildman–Crippen MR) is 69.5 cm³/mol. The first-order valence-corrected chi connectivity index (χ1v) is 7.28. The Bertz CT molecular complexity index is 437. The largest absolute Gasteiger partial charge is 0.396 e. The van der Waals surface area contributed by atoms with Crippen LogP contribution in [0.4, 0.5) is 5.69 Å². The van der Waals surface area contributed by atoms with Gasteiger partial charge in [0, 0.05) is 12.3 Å². The highest BCUT2D eigenvalue weighted by molar-refractivity contribution is 7.92. The summed E-state index contributed by atoms with van der Waals surface area (Å²) in [4.78, 5) is 0. The van der Waals surface area contributed by atoms with E-state index in [0.29, 0.717) is 12.1 Å². The van der Waals surface area contributed by atoms with Crippen molar-refractivity contribution in [1.29, 1.82) is 0 Å². The maximum Gasteiger partial charge on any atom is 0.232 e. The van der Waals surface area contributed by atoms with Crippen LogP contribution >= 0.6 is 0 Å². The van der Waals surface area contributed by atoms with Crippen molar-refractivity contribution in [3.05, 3.63) is 29.8 Å². The van der Waals surface area contributed by atoms with Gasteiger partial charge in [0.25, 0.3) is 0 Å². The number of rotatable bonds is 6. The molecule has 0 spiro atoms. The molecular weight excluding hydrogens is 238 g/mol. The molecule has 2 N–H and O–H groups in total. The molecule has 1 aromatic carbocycles. The van der Waals surface area contributed by atoms with Crippen molar-refractivity contribution in [2.75, 3.05) is 17.1 Å². The summed E-state index contributed by atoms with van der Waals surface area (Å²) < 4.78 is 25.9. The van der Waals surface area contributed by atoms with E-state index in [4.69, 9.17) is 5.11 Å². The molecule has 1 rings (SSSR count). The third-order valence-electron chi connectivity index (χ3n) is 2.18. The number of hydrogen-bond acceptors (Lipinski definition) is 3. The monoisotopic (exact) mass is 257 g/mol. The van der Waals surface area contributed by atoms with Crippen molar-refractivity contribution >= 4 is 15.7 Å². The summed E-state index contributed by atoms with van der Waals surface area (Å²) in [6, 6.07) is 7.04. The second-order valence-electron chi connectivity index (χ2n) is 4.45. The van der Waals surface area contributed by atoms with Crippen molar-refractivity contribution in [3.8, 4) is 0 Å². The zero-order chi connectivity index (χ0) is 12.9. The summed E-state index contributed by atoms with van der Waals surface area (Å²) >= 11 is 0. The van der Waals surface area contributed by atoms with Crippen molar-refractivity contribution in [3.63, 3.8) is 0 Å². The van der Waals surface area contributed by atoms with Gasteiger partial charge in [-0.2, -0.15) is 0 Å². The van der Waals surface area contributed by atoms with Crippen LogP contribution in [0.5, 0.6) is 0 Å². The van der Waals surface area contributed by atoms with Gasteiger partial charge in [0.05, 0.1) is 5.75 Å². The van der Waals surface area contributed by atoms with Gasteiger partial charge < -0.3 is 5.11 Å².